The number of ether oxygens (including phenoxy) is 2. The fourth-order valence-electron chi connectivity index (χ4n) is 2.29. The maximum atomic E-state index is 5.82. The van der Waals surface area contributed by atoms with Crippen molar-refractivity contribution in [3.05, 3.63) is 59.2 Å². The standard InChI is InChI=1S/C18H23NO2/c1-3-4-14-5-8-17(9-6-14)21-13-15-7-10-18(20-2)16(11-15)12-19/h5-11H,3-4,12-13,19H2,1-2H3. The average molecular weight is 285 g/mol. The Kier molecular flexibility index (Phi) is 5.64. The third kappa shape index (κ3) is 4.23. The van der Waals surface area contributed by atoms with Gasteiger partial charge in [0.1, 0.15) is 18.1 Å². The second kappa shape index (κ2) is 7.70. The predicted molar refractivity (Wildman–Crippen MR) is 85.7 cm³/mol. The molecule has 112 valence electrons. The highest BCUT2D eigenvalue weighted by Crippen LogP contribution is 2.21. The van der Waals surface area contributed by atoms with Crippen molar-refractivity contribution in [3.63, 3.8) is 0 Å². The topological polar surface area (TPSA) is 44.5 Å². The van der Waals surface area contributed by atoms with Gasteiger partial charge in [0.15, 0.2) is 0 Å². The fraction of sp³-hybridized carbons (Fsp3) is 0.333. The lowest BCUT2D eigenvalue weighted by molar-refractivity contribution is 0.305. The van der Waals surface area contributed by atoms with Crippen molar-refractivity contribution in [1.82, 2.24) is 0 Å². The Morgan fingerprint density at radius 3 is 2.33 bits per heavy atom. The molecule has 0 aliphatic rings. The van der Waals surface area contributed by atoms with Gasteiger partial charge in [-0.1, -0.05) is 31.5 Å². The molecular weight excluding hydrogens is 262 g/mol. The van der Waals surface area contributed by atoms with Crippen LogP contribution in [0.4, 0.5) is 0 Å². The van der Waals surface area contributed by atoms with E-state index in [9.17, 15) is 0 Å². The van der Waals surface area contributed by atoms with Crippen molar-refractivity contribution in [3.8, 4) is 11.5 Å². The maximum absolute atomic E-state index is 5.82. The monoisotopic (exact) mass is 285 g/mol. The SMILES string of the molecule is CCCc1ccc(OCc2ccc(OC)c(CN)c2)cc1. The molecule has 2 N–H and O–H groups in total. The van der Waals surface area contributed by atoms with Gasteiger partial charge in [0.25, 0.3) is 0 Å². The van der Waals surface area contributed by atoms with Crippen LogP contribution >= 0.6 is 0 Å². The molecule has 0 atom stereocenters. The zero-order valence-corrected chi connectivity index (χ0v) is 12.8. The molecule has 0 amide bonds. The Labute approximate surface area is 126 Å². The molecule has 0 spiro atoms. The first kappa shape index (κ1) is 15.4. The molecule has 0 saturated heterocycles. The number of hydrogen-bond acceptors (Lipinski definition) is 3. The van der Waals surface area contributed by atoms with Gasteiger partial charge < -0.3 is 15.2 Å². The molecule has 0 aromatic heterocycles. The number of benzene rings is 2. The summed E-state index contributed by atoms with van der Waals surface area (Å²) in [6.45, 7) is 3.18. The van der Waals surface area contributed by atoms with E-state index in [0.717, 1.165) is 35.5 Å². The molecule has 21 heavy (non-hydrogen) atoms. The summed E-state index contributed by atoms with van der Waals surface area (Å²) in [5.74, 6) is 1.71. The van der Waals surface area contributed by atoms with Crippen LogP contribution in [0.15, 0.2) is 42.5 Å². The summed E-state index contributed by atoms with van der Waals surface area (Å²) in [4.78, 5) is 0. The first-order chi connectivity index (χ1) is 10.3. The molecule has 2 rings (SSSR count). The lowest BCUT2D eigenvalue weighted by Gasteiger charge is -2.11. The smallest absolute Gasteiger partial charge is 0.123 e. The number of aryl methyl sites for hydroxylation is 1. The third-order valence-electron chi connectivity index (χ3n) is 3.43. The minimum absolute atomic E-state index is 0.461. The van der Waals surface area contributed by atoms with E-state index in [2.05, 4.69) is 19.1 Å². The van der Waals surface area contributed by atoms with E-state index in [4.69, 9.17) is 15.2 Å². The predicted octanol–water partition coefficient (Wildman–Crippen LogP) is 3.69. The van der Waals surface area contributed by atoms with Gasteiger partial charge in [0.05, 0.1) is 7.11 Å². The van der Waals surface area contributed by atoms with Crippen LogP contribution in [0.25, 0.3) is 0 Å². The van der Waals surface area contributed by atoms with Crippen LogP contribution in [0.1, 0.15) is 30.0 Å². The highest BCUT2D eigenvalue weighted by atomic mass is 16.5. The van der Waals surface area contributed by atoms with E-state index < -0.39 is 0 Å². The van der Waals surface area contributed by atoms with Gasteiger partial charge in [-0.3, -0.25) is 0 Å². The largest absolute Gasteiger partial charge is 0.496 e. The van der Waals surface area contributed by atoms with Crippen molar-refractivity contribution in [2.75, 3.05) is 7.11 Å². The number of nitrogens with two attached hydrogens (primary N) is 1. The van der Waals surface area contributed by atoms with E-state index in [0.29, 0.717) is 13.2 Å². The summed E-state index contributed by atoms with van der Waals surface area (Å²) in [6.07, 6.45) is 2.27. The van der Waals surface area contributed by atoms with Crippen LogP contribution in [0.3, 0.4) is 0 Å². The van der Waals surface area contributed by atoms with Crippen LogP contribution in [0, 0.1) is 0 Å². The highest BCUT2D eigenvalue weighted by Gasteiger charge is 2.03. The summed E-state index contributed by atoms with van der Waals surface area (Å²) in [6, 6.07) is 14.3. The number of rotatable bonds is 7. The number of hydrogen-bond donors (Lipinski definition) is 1. The van der Waals surface area contributed by atoms with E-state index >= 15 is 0 Å². The molecule has 0 radical (unpaired) electrons. The Morgan fingerprint density at radius 2 is 1.71 bits per heavy atom. The lowest BCUT2D eigenvalue weighted by Crippen LogP contribution is -2.02. The second-order valence-corrected chi connectivity index (χ2v) is 5.03. The van der Waals surface area contributed by atoms with Crippen LogP contribution in [0.2, 0.25) is 0 Å². The molecule has 2 aromatic rings. The quantitative estimate of drug-likeness (QED) is 0.844. The van der Waals surface area contributed by atoms with Gasteiger partial charge in [0, 0.05) is 12.1 Å². The molecule has 0 bridgehead atoms. The summed E-state index contributed by atoms with van der Waals surface area (Å²) in [7, 11) is 1.66. The molecule has 2 aromatic carbocycles. The molecule has 0 fully saturated rings. The van der Waals surface area contributed by atoms with Crippen molar-refractivity contribution in [1.29, 1.82) is 0 Å². The third-order valence-corrected chi connectivity index (χ3v) is 3.43. The Morgan fingerprint density at radius 1 is 1.00 bits per heavy atom. The van der Waals surface area contributed by atoms with E-state index in [1.54, 1.807) is 7.11 Å². The molecular formula is C18H23NO2. The average Bonchev–Trinajstić information content (AvgIpc) is 2.54. The van der Waals surface area contributed by atoms with Gasteiger partial charge in [-0.25, -0.2) is 0 Å². The minimum Gasteiger partial charge on any atom is -0.496 e. The van der Waals surface area contributed by atoms with Gasteiger partial charge in [0.2, 0.25) is 0 Å². The molecule has 0 heterocycles. The Hall–Kier alpha value is -2.00. The van der Waals surface area contributed by atoms with Gasteiger partial charge in [-0.2, -0.15) is 0 Å². The van der Waals surface area contributed by atoms with E-state index in [-0.39, 0.29) is 0 Å². The van der Waals surface area contributed by atoms with Crippen molar-refractivity contribution < 1.29 is 9.47 Å². The van der Waals surface area contributed by atoms with E-state index in [1.807, 2.05) is 30.3 Å². The molecule has 0 aliphatic heterocycles. The van der Waals surface area contributed by atoms with Gasteiger partial charge in [-0.15, -0.1) is 0 Å². The van der Waals surface area contributed by atoms with Gasteiger partial charge >= 0.3 is 0 Å². The molecule has 0 unspecified atom stereocenters. The number of methoxy groups -OCH3 is 1. The summed E-state index contributed by atoms with van der Waals surface area (Å²) < 4.78 is 11.1. The lowest BCUT2D eigenvalue weighted by atomic mass is 10.1. The van der Waals surface area contributed by atoms with Crippen LogP contribution < -0.4 is 15.2 Å². The summed E-state index contributed by atoms with van der Waals surface area (Å²) in [5, 5.41) is 0. The van der Waals surface area contributed by atoms with Crippen molar-refractivity contribution in [2.24, 2.45) is 5.73 Å². The molecule has 3 nitrogen and oxygen atoms in total. The zero-order valence-electron chi connectivity index (χ0n) is 12.8. The molecule has 3 heteroatoms. The molecule has 0 aliphatic carbocycles. The van der Waals surface area contributed by atoms with Crippen LogP contribution in [-0.2, 0) is 19.6 Å². The highest BCUT2D eigenvalue weighted by molar-refractivity contribution is 5.37. The normalized spacial score (nSPS) is 10.4. The first-order valence-corrected chi connectivity index (χ1v) is 7.34. The summed E-state index contributed by atoms with van der Waals surface area (Å²) >= 11 is 0. The minimum atomic E-state index is 0.461. The maximum Gasteiger partial charge on any atom is 0.123 e. The van der Waals surface area contributed by atoms with Crippen LogP contribution in [-0.4, -0.2) is 7.11 Å². The zero-order chi connectivity index (χ0) is 15.1. The fourth-order valence-corrected chi connectivity index (χ4v) is 2.29. The van der Waals surface area contributed by atoms with Crippen LogP contribution in [0.5, 0.6) is 11.5 Å². The summed E-state index contributed by atoms with van der Waals surface area (Å²) in [5.41, 5.74) is 9.16. The van der Waals surface area contributed by atoms with Crippen molar-refractivity contribution >= 4 is 0 Å². The first-order valence-electron chi connectivity index (χ1n) is 7.34. The van der Waals surface area contributed by atoms with Gasteiger partial charge in [-0.05, 0) is 41.8 Å². The molecule has 0 saturated carbocycles. The Bertz CT molecular complexity index is 564. The Balaban J connectivity index is 1.99. The van der Waals surface area contributed by atoms with Crippen molar-refractivity contribution in [2.45, 2.75) is 32.9 Å². The second-order valence-electron chi connectivity index (χ2n) is 5.03. The van der Waals surface area contributed by atoms with E-state index in [1.165, 1.54) is 5.56 Å².